The number of aldehydes is 1. The third-order valence-corrected chi connectivity index (χ3v) is 2.08. The standard InChI is InChI=1S/C10H10N4O2/c11-10(16)9-2-1-7(6-15)5-8(9)3-4-13-14-12/h1-2,5-6H,3-4H2,(H2,11,16). The maximum absolute atomic E-state index is 11.1. The number of amides is 1. The van der Waals surface area contributed by atoms with Crippen molar-refractivity contribution < 1.29 is 9.59 Å². The Morgan fingerprint density at radius 3 is 2.88 bits per heavy atom. The molecule has 0 atom stereocenters. The zero-order valence-corrected chi connectivity index (χ0v) is 8.46. The van der Waals surface area contributed by atoms with E-state index in [0.717, 1.165) is 0 Å². The summed E-state index contributed by atoms with van der Waals surface area (Å²) in [5, 5.41) is 3.36. The van der Waals surface area contributed by atoms with E-state index in [9.17, 15) is 9.59 Å². The summed E-state index contributed by atoms with van der Waals surface area (Å²) in [6.45, 7) is 0.221. The molecule has 1 rings (SSSR count). The highest BCUT2D eigenvalue weighted by atomic mass is 16.1. The van der Waals surface area contributed by atoms with Crippen molar-refractivity contribution >= 4 is 12.2 Å². The van der Waals surface area contributed by atoms with Gasteiger partial charge in [-0.15, -0.1) is 0 Å². The highest BCUT2D eigenvalue weighted by Gasteiger charge is 2.08. The molecule has 6 heteroatoms. The second-order valence-corrected chi connectivity index (χ2v) is 3.10. The van der Waals surface area contributed by atoms with Crippen molar-refractivity contribution in [2.45, 2.75) is 6.42 Å². The lowest BCUT2D eigenvalue weighted by Crippen LogP contribution is -2.14. The van der Waals surface area contributed by atoms with E-state index in [1.54, 1.807) is 6.07 Å². The van der Waals surface area contributed by atoms with Gasteiger partial charge in [0.2, 0.25) is 5.91 Å². The first-order valence-corrected chi connectivity index (χ1v) is 4.57. The lowest BCUT2D eigenvalue weighted by molar-refractivity contribution is 0.0998. The van der Waals surface area contributed by atoms with E-state index >= 15 is 0 Å². The molecule has 16 heavy (non-hydrogen) atoms. The molecule has 0 unspecified atom stereocenters. The number of carbonyl (C=O) groups excluding carboxylic acids is 2. The van der Waals surface area contributed by atoms with Gasteiger partial charge in [0.15, 0.2) is 0 Å². The van der Waals surface area contributed by atoms with Gasteiger partial charge in [0.05, 0.1) is 0 Å². The van der Waals surface area contributed by atoms with Crippen LogP contribution in [-0.2, 0) is 6.42 Å². The Kier molecular flexibility index (Phi) is 4.06. The van der Waals surface area contributed by atoms with E-state index in [1.165, 1.54) is 12.1 Å². The van der Waals surface area contributed by atoms with Gasteiger partial charge in [-0.1, -0.05) is 11.2 Å². The predicted molar refractivity (Wildman–Crippen MR) is 58.1 cm³/mol. The highest BCUT2D eigenvalue weighted by molar-refractivity contribution is 5.95. The average molecular weight is 218 g/mol. The first-order valence-electron chi connectivity index (χ1n) is 4.57. The number of rotatable bonds is 5. The van der Waals surface area contributed by atoms with Crippen LogP contribution in [0.25, 0.3) is 10.4 Å². The Hall–Kier alpha value is -2.33. The Morgan fingerprint density at radius 1 is 1.56 bits per heavy atom. The van der Waals surface area contributed by atoms with Gasteiger partial charge in [0.25, 0.3) is 0 Å². The number of benzene rings is 1. The fourth-order valence-corrected chi connectivity index (χ4v) is 1.35. The van der Waals surface area contributed by atoms with Gasteiger partial charge < -0.3 is 5.73 Å². The van der Waals surface area contributed by atoms with E-state index in [2.05, 4.69) is 10.0 Å². The monoisotopic (exact) mass is 218 g/mol. The summed E-state index contributed by atoms with van der Waals surface area (Å²) in [5.74, 6) is -0.562. The molecule has 0 spiro atoms. The van der Waals surface area contributed by atoms with Crippen LogP contribution in [0.3, 0.4) is 0 Å². The number of hydrogen-bond acceptors (Lipinski definition) is 3. The van der Waals surface area contributed by atoms with Gasteiger partial charge in [-0.25, -0.2) is 0 Å². The molecule has 0 bridgehead atoms. The number of carbonyl (C=O) groups is 2. The first-order chi connectivity index (χ1) is 7.69. The Balaban J connectivity index is 3.04. The predicted octanol–water partition coefficient (Wildman–Crippen LogP) is 1.45. The normalized spacial score (nSPS) is 9.25. The number of primary amides is 1. The second kappa shape index (κ2) is 5.53. The largest absolute Gasteiger partial charge is 0.366 e. The Morgan fingerprint density at radius 2 is 2.31 bits per heavy atom. The van der Waals surface area contributed by atoms with Crippen molar-refractivity contribution in [2.75, 3.05) is 6.54 Å². The minimum absolute atomic E-state index is 0.221. The van der Waals surface area contributed by atoms with Crippen LogP contribution in [0, 0.1) is 0 Å². The van der Waals surface area contributed by atoms with Crippen molar-refractivity contribution in [1.29, 1.82) is 0 Å². The summed E-state index contributed by atoms with van der Waals surface area (Å²) in [4.78, 5) is 24.3. The van der Waals surface area contributed by atoms with Crippen LogP contribution in [0.1, 0.15) is 26.3 Å². The van der Waals surface area contributed by atoms with E-state index in [0.29, 0.717) is 29.4 Å². The van der Waals surface area contributed by atoms with Crippen LogP contribution in [-0.4, -0.2) is 18.7 Å². The first kappa shape index (κ1) is 11.7. The van der Waals surface area contributed by atoms with Gasteiger partial charge in [-0.2, -0.15) is 0 Å². The van der Waals surface area contributed by atoms with Crippen molar-refractivity contribution in [3.05, 3.63) is 45.3 Å². The summed E-state index contributed by atoms with van der Waals surface area (Å²) in [6, 6.07) is 4.58. The lowest BCUT2D eigenvalue weighted by Gasteiger charge is -2.05. The zero-order chi connectivity index (χ0) is 12.0. The summed E-state index contributed by atoms with van der Waals surface area (Å²) in [5.41, 5.74) is 14.7. The molecule has 0 fully saturated rings. The maximum atomic E-state index is 11.1. The van der Waals surface area contributed by atoms with Crippen molar-refractivity contribution in [1.82, 2.24) is 0 Å². The van der Waals surface area contributed by atoms with E-state index < -0.39 is 5.91 Å². The molecule has 2 N–H and O–H groups in total. The van der Waals surface area contributed by atoms with Crippen molar-refractivity contribution in [3.63, 3.8) is 0 Å². The molecule has 0 radical (unpaired) electrons. The van der Waals surface area contributed by atoms with Crippen LogP contribution in [0.4, 0.5) is 0 Å². The molecular weight excluding hydrogens is 208 g/mol. The number of nitrogens with zero attached hydrogens (tertiary/aromatic N) is 3. The van der Waals surface area contributed by atoms with Crippen LogP contribution in [0.2, 0.25) is 0 Å². The molecule has 0 saturated heterocycles. The van der Waals surface area contributed by atoms with Crippen LogP contribution in [0.5, 0.6) is 0 Å². The summed E-state index contributed by atoms with van der Waals surface area (Å²) in [6.07, 6.45) is 1.06. The van der Waals surface area contributed by atoms with Crippen LogP contribution < -0.4 is 5.73 Å². The molecule has 1 aromatic rings. The fraction of sp³-hybridized carbons (Fsp3) is 0.200. The molecule has 0 saturated carbocycles. The Labute approximate surface area is 91.7 Å². The van der Waals surface area contributed by atoms with Crippen molar-refractivity contribution in [2.24, 2.45) is 10.8 Å². The number of azide groups is 1. The molecule has 6 nitrogen and oxygen atoms in total. The molecule has 1 amide bonds. The average Bonchev–Trinajstić information content (AvgIpc) is 2.29. The molecule has 0 aliphatic rings. The van der Waals surface area contributed by atoms with Gasteiger partial charge in [0, 0.05) is 22.6 Å². The zero-order valence-electron chi connectivity index (χ0n) is 8.46. The minimum Gasteiger partial charge on any atom is -0.366 e. The fourth-order valence-electron chi connectivity index (χ4n) is 1.35. The molecule has 0 aromatic heterocycles. The molecule has 0 heterocycles. The number of hydrogen-bond donors (Lipinski definition) is 1. The molecule has 0 aliphatic heterocycles. The van der Waals surface area contributed by atoms with Crippen LogP contribution in [0.15, 0.2) is 23.3 Å². The minimum atomic E-state index is -0.562. The summed E-state index contributed by atoms with van der Waals surface area (Å²) >= 11 is 0. The molecule has 1 aromatic carbocycles. The van der Waals surface area contributed by atoms with E-state index in [1.807, 2.05) is 0 Å². The summed E-state index contributed by atoms with van der Waals surface area (Å²) in [7, 11) is 0. The van der Waals surface area contributed by atoms with Gasteiger partial charge in [-0.3, -0.25) is 9.59 Å². The topological polar surface area (TPSA) is 109 Å². The lowest BCUT2D eigenvalue weighted by atomic mass is 10.0. The SMILES string of the molecule is [N-]=[N+]=NCCc1cc(C=O)ccc1C(N)=O. The molecular formula is C10H10N4O2. The molecule has 0 aliphatic carbocycles. The highest BCUT2D eigenvalue weighted by Crippen LogP contribution is 2.11. The van der Waals surface area contributed by atoms with Gasteiger partial charge in [-0.05, 0) is 29.6 Å². The third-order valence-electron chi connectivity index (χ3n) is 2.08. The molecule has 82 valence electrons. The van der Waals surface area contributed by atoms with E-state index in [4.69, 9.17) is 11.3 Å². The van der Waals surface area contributed by atoms with Crippen LogP contribution >= 0.6 is 0 Å². The smallest absolute Gasteiger partial charge is 0.248 e. The maximum Gasteiger partial charge on any atom is 0.248 e. The Bertz CT molecular complexity index is 464. The quantitative estimate of drug-likeness (QED) is 0.349. The van der Waals surface area contributed by atoms with Crippen molar-refractivity contribution in [3.8, 4) is 0 Å². The summed E-state index contributed by atoms with van der Waals surface area (Å²) < 4.78 is 0. The number of nitrogens with two attached hydrogens (primary N) is 1. The third kappa shape index (κ3) is 2.83. The van der Waals surface area contributed by atoms with Gasteiger partial charge >= 0.3 is 0 Å². The second-order valence-electron chi connectivity index (χ2n) is 3.10. The van der Waals surface area contributed by atoms with E-state index in [-0.39, 0.29) is 6.54 Å². The van der Waals surface area contributed by atoms with Gasteiger partial charge in [0.1, 0.15) is 6.29 Å².